The summed E-state index contributed by atoms with van der Waals surface area (Å²) < 4.78 is 10.6. The Morgan fingerprint density at radius 2 is 2.21 bits per heavy atom. The number of carbonyl (C=O) groups excluding carboxylic acids is 1. The predicted molar refractivity (Wildman–Crippen MR) is 87.5 cm³/mol. The smallest absolute Gasteiger partial charge is 0.269 e. The van der Waals surface area contributed by atoms with Crippen molar-refractivity contribution >= 4 is 5.91 Å². The maximum Gasteiger partial charge on any atom is 0.269 e. The Balaban J connectivity index is 1.59. The third-order valence-corrected chi connectivity index (χ3v) is 4.20. The van der Waals surface area contributed by atoms with E-state index in [4.69, 9.17) is 9.47 Å². The molecule has 1 amide bonds. The van der Waals surface area contributed by atoms with E-state index >= 15 is 0 Å². The molecule has 2 aromatic rings. The molecule has 3 rings (SSSR count). The Kier molecular flexibility index (Phi) is 5.24. The van der Waals surface area contributed by atoms with Crippen molar-refractivity contribution in [2.45, 2.75) is 12.2 Å². The maximum atomic E-state index is 12.3. The van der Waals surface area contributed by atoms with Gasteiger partial charge in [-0.3, -0.25) is 9.89 Å². The van der Waals surface area contributed by atoms with Crippen LogP contribution in [0, 0.1) is 5.92 Å². The van der Waals surface area contributed by atoms with Crippen molar-refractivity contribution in [1.29, 1.82) is 0 Å². The lowest BCUT2D eigenvalue weighted by Crippen LogP contribution is -2.49. The van der Waals surface area contributed by atoms with Gasteiger partial charge in [-0.15, -0.1) is 0 Å². The van der Waals surface area contributed by atoms with Crippen LogP contribution < -0.4 is 5.32 Å². The SMILES string of the molecule is CO[C@@H]1COC[C@@H](CNC(=O)c2cc(-c3ccccc3)n[nH]2)[C@@H]1O. The molecule has 0 aliphatic carbocycles. The number of aliphatic hydroxyl groups excluding tert-OH is 1. The van der Waals surface area contributed by atoms with Crippen LogP contribution in [0.5, 0.6) is 0 Å². The summed E-state index contributed by atoms with van der Waals surface area (Å²) in [6.45, 7) is 1.06. The monoisotopic (exact) mass is 331 g/mol. The van der Waals surface area contributed by atoms with Crippen LogP contribution in [0.15, 0.2) is 36.4 Å². The van der Waals surface area contributed by atoms with Crippen LogP contribution >= 0.6 is 0 Å². The molecule has 0 spiro atoms. The van der Waals surface area contributed by atoms with Crippen LogP contribution in [-0.4, -0.2) is 60.3 Å². The third-order valence-electron chi connectivity index (χ3n) is 4.20. The van der Waals surface area contributed by atoms with Crippen molar-refractivity contribution in [2.75, 3.05) is 26.9 Å². The minimum absolute atomic E-state index is 0.204. The molecule has 128 valence electrons. The number of nitrogens with one attached hydrogen (secondary N) is 2. The zero-order chi connectivity index (χ0) is 16.9. The first-order valence-electron chi connectivity index (χ1n) is 7.86. The van der Waals surface area contributed by atoms with E-state index < -0.39 is 6.10 Å². The van der Waals surface area contributed by atoms with Gasteiger partial charge in [0.2, 0.25) is 0 Å². The summed E-state index contributed by atoms with van der Waals surface area (Å²) in [5, 5.41) is 19.9. The summed E-state index contributed by atoms with van der Waals surface area (Å²) in [5.74, 6) is -0.472. The van der Waals surface area contributed by atoms with Crippen molar-refractivity contribution in [2.24, 2.45) is 5.92 Å². The summed E-state index contributed by atoms with van der Waals surface area (Å²) >= 11 is 0. The molecule has 0 unspecified atom stereocenters. The first-order valence-corrected chi connectivity index (χ1v) is 7.86. The normalized spacial score (nSPS) is 23.8. The molecule has 0 saturated carbocycles. The number of aromatic amines is 1. The first kappa shape index (κ1) is 16.6. The molecule has 1 fully saturated rings. The number of benzene rings is 1. The molecule has 0 bridgehead atoms. The second-order valence-corrected chi connectivity index (χ2v) is 5.81. The van der Waals surface area contributed by atoms with E-state index in [9.17, 15) is 9.90 Å². The maximum absolute atomic E-state index is 12.3. The van der Waals surface area contributed by atoms with Gasteiger partial charge in [0, 0.05) is 25.1 Å². The minimum Gasteiger partial charge on any atom is -0.390 e. The number of aromatic nitrogens is 2. The fourth-order valence-corrected chi connectivity index (χ4v) is 2.74. The molecule has 7 nitrogen and oxygen atoms in total. The van der Waals surface area contributed by atoms with Gasteiger partial charge in [-0.05, 0) is 6.07 Å². The van der Waals surface area contributed by atoms with E-state index in [1.807, 2.05) is 30.3 Å². The lowest BCUT2D eigenvalue weighted by Gasteiger charge is -2.33. The highest BCUT2D eigenvalue weighted by atomic mass is 16.5. The van der Waals surface area contributed by atoms with Crippen LogP contribution in [0.25, 0.3) is 11.3 Å². The Hall–Kier alpha value is -2.22. The third kappa shape index (κ3) is 3.64. The average Bonchev–Trinajstić information content (AvgIpc) is 3.11. The van der Waals surface area contributed by atoms with Crippen LogP contribution in [0.1, 0.15) is 10.5 Å². The summed E-state index contributed by atoms with van der Waals surface area (Å²) in [7, 11) is 1.54. The molecule has 1 aliphatic rings. The van der Waals surface area contributed by atoms with Gasteiger partial charge in [0.05, 0.1) is 25.0 Å². The van der Waals surface area contributed by atoms with Gasteiger partial charge in [0.25, 0.3) is 5.91 Å². The first-order chi connectivity index (χ1) is 11.7. The van der Waals surface area contributed by atoms with Gasteiger partial charge >= 0.3 is 0 Å². The number of ether oxygens (including phenoxy) is 2. The van der Waals surface area contributed by atoms with Crippen molar-refractivity contribution in [3.05, 3.63) is 42.1 Å². The molecule has 2 heterocycles. The van der Waals surface area contributed by atoms with Crippen molar-refractivity contribution in [3.8, 4) is 11.3 Å². The highest BCUT2D eigenvalue weighted by molar-refractivity contribution is 5.93. The lowest BCUT2D eigenvalue weighted by atomic mass is 9.96. The molecular weight excluding hydrogens is 310 g/mol. The molecule has 1 aromatic heterocycles. The zero-order valence-electron chi connectivity index (χ0n) is 13.4. The van der Waals surface area contributed by atoms with Crippen LogP contribution in [-0.2, 0) is 9.47 Å². The fourth-order valence-electron chi connectivity index (χ4n) is 2.74. The molecule has 24 heavy (non-hydrogen) atoms. The van der Waals surface area contributed by atoms with E-state index in [-0.39, 0.29) is 17.9 Å². The summed E-state index contributed by atoms with van der Waals surface area (Å²) in [4.78, 5) is 12.3. The molecule has 3 atom stereocenters. The zero-order valence-corrected chi connectivity index (χ0v) is 13.4. The highest BCUT2D eigenvalue weighted by Crippen LogP contribution is 2.18. The fraction of sp³-hybridized carbons (Fsp3) is 0.412. The molecule has 3 N–H and O–H groups in total. The van der Waals surface area contributed by atoms with Crippen molar-refractivity contribution < 1.29 is 19.4 Å². The number of hydrogen-bond acceptors (Lipinski definition) is 5. The van der Waals surface area contributed by atoms with Gasteiger partial charge in [0.1, 0.15) is 11.8 Å². The number of rotatable bonds is 5. The Morgan fingerprint density at radius 1 is 1.42 bits per heavy atom. The molecule has 1 aliphatic heterocycles. The number of aliphatic hydroxyl groups is 1. The molecule has 0 radical (unpaired) electrons. The van der Waals surface area contributed by atoms with E-state index in [1.165, 1.54) is 7.11 Å². The van der Waals surface area contributed by atoms with Crippen molar-refractivity contribution in [1.82, 2.24) is 15.5 Å². The largest absolute Gasteiger partial charge is 0.390 e. The molecule has 1 aromatic carbocycles. The van der Waals surface area contributed by atoms with Gasteiger partial charge in [-0.2, -0.15) is 5.10 Å². The number of hydrogen-bond donors (Lipinski definition) is 3. The summed E-state index contributed by atoms with van der Waals surface area (Å²) in [6, 6.07) is 11.3. The second-order valence-electron chi connectivity index (χ2n) is 5.81. The quantitative estimate of drug-likeness (QED) is 0.754. The average molecular weight is 331 g/mol. The summed E-state index contributed by atoms with van der Waals surface area (Å²) in [5.41, 5.74) is 2.02. The van der Waals surface area contributed by atoms with E-state index in [2.05, 4.69) is 15.5 Å². The number of amides is 1. The minimum atomic E-state index is -0.661. The second kappa shape index (κ2) is 7.57. The molecule has 7 heteroatoms. The number of H-pyrrole nitrogens is 1. The van der Waals surface area contributed by atoms with Crippen LogP contribution in [0.3, 0.4) is 0 Å². The predicted octanol–water partition coefficient (Wildman–Crippen LogP) is 0.829. The van der Waals surface area contributed by atoms with Gasteiger partial charge in [-0.25, -0.2) is 0 Å². The van der Waals surface area contributed by atoms with Gasteiger partial charge < -0.3 is 19.9 Å². The van der Waals surface area contributed by atoms with Crippen molar-refractivity contribution in [3.63, 3.8) is 0 Å². The number of carbonyl (C=O) groups is 1. The van der Waals surface area contributed by atoms with Gasteiger partial charge in [-0.1, -0.05) is 30.3 Å². The Bertz CT molecular complexity index is 673. The lowest BCUT2D eigenvalue weighted by molar-refractivity contribution is -0.132. The van der Waals surface area contributed by atoms with Gasteiger partial charge in [0.15, 0.2) is 0 Å². The van der Waals surface area contributed by atoms with E-state index in [0.717, 1.165) is 5.56 Å². The number of nitrogens with zero attached hydrogens (tertiary/aromatic N) is 1. The highest BCUT2D eigenvalue weighted by Gasteiger charge is 2.32. The number of methoxy groups -OCH3 is 1. The Labute approximate surface area is 140 Å². The van der Waals surface area contributed by atoms with Crippen LogP contribution in [0.2, 0.25) is 0 Å². The van der Waals surface area contributed by atoms with E-state index in [0.29, 0.717) is 31.1 Å². The van der Waals surface area contributed by atoms with Crippen LogP contribution in [0.4, 0.5) is 0 Å². The molecule has 1 saturated heterocycles. The summed E-state index contributed by atoms with van der Waals surface area (Å²) in [6.07, 6.45) is -1.02. The van der Waals surface area contributed by atoms with E-state index in [1.54, 1.807) is 6.07 Å². The molecular formula is C17H21N3O4. The topological polar surface area (TPSA) is 96.5 Å². The Morgan fingerprint density at radius 3 is 2.96 bits per heavy atom. The standard InChI is InChI=1S/C17H21N3O4/c1-23-15-10-24-9-12(16(15)21)8-18-17(22)14-7-13(19-20-14)11-5-3-2-4-6-11/h2-7,12,15-16,21H,8-10H2,1H3,(H,18,22)(H,19,20)/t12-,15-,16+/m1/s1.